The molecule has 1 aliphatic heterocycles. The maximum absolute atomic E-state index is 12.9. The molecule has 1 saturated carbocycles. The second kappa shape index (κ2) is 9.51. The first-order chi connectivity index (χ1) is 17.9. The molecule has 1 unspecified atom stereocenters. The van der Waals surface area contributed by atoms with E-state index in [0.717, 1.165) is 58.3 Å². The van der Waals surface area contributed by atoms with Crippen LogP contribution in [0.15, 0.2) is 66.0 Å². The molecule has 2 aromatic carbocycles. The highest BCUT2D eigenvalue weighted by Gasteiger charge is 2.44. The second-order valence-electron chi connectivity index (χ2n) is 9.72. The van der Waals surface area contributed by atoms with Gasteiger partial charge in [0.15, 0.2) is 5.13 Å². The zero-order valence-electron chi connectivity index (χ0n) is 20.3. The summed E-state index contributed by atoms with van der Waals surface area (Å²) in [5, 5.41) is 8.90. The number of sulfonamides is 1. The predicted octanol–water partition coefficient (Wildman–Crippen LogP) is 4.97. The Balaban J connectivity index is 1.09. The molecule has 2 aliphatic rings. The molecule has 3 N–H and O–H groups in total. The van der Waals surface area contributed by atoms with Crippen molar-refractivity contribution >= 4 is 48.9 Å². The van der Waals surface area contributed by atoms with Gasteiger partial charge in [-0.3, -0.25) is 14.5 Å². The second-order valence-corrected chi connectivity index (χ2v) is 12.5. The zero-order valence-corrected chi connectivity index (χ0v) is 21.9. The van der Waals surface area contributed by atoms with E-state index in [2.05, 4.69) is 25.3 Å². The average Bonchev–Trinajstić information content (AvgIpc) is 3.26. The van der Waals surface area contributed by atoms with Crippen molar-refractivity contribution in [1.82, 2.24) is 15.3 Å². The summed E-state index contributed by atoms with van der Waals surface area (Å²) in [6.07, 6.45) is 8.25. The maximum atomic E-state index is 12.9. The first-order valence-corrected chi connectivity index (χ1v) is 14.6. The minimum atomic E-state index is -3.74. The zero-order chi connectivity index (χ0) is 25.6. The van der Waals surface area contributed by atoms with Crippen LogP contribution < -0.4 is 15.4 Å². The Morgan fingerprint density at radius 1 is 1.11 bits per heavy atom. The van der Waals surface area contributed by atoms with Crippen molar-refractivity contribution in [2.24, 2.45) is 5.92 Å². The molecule has 1 saturated heterocycles. The highest BCUT2D eigenvalue weighted by molar-refractivity contribution is 7.93. The monoisotopic (exact) mass is 533 g/mol. The fraction of sp³-hybridized carbons (Fsp3) is 0.296. The Morgan fingerprint density at radius 2 is 1.95 bits per heavy atom. The summed E-state index contributed by atoms with van der Waals surface area (Å²) in [5.74, 6) is -0.0740. The lowest BCUT2D eigenvalue weighted by Crippen LogP contribution is -2.14. The van der Waals surface area contributed by atoms with E-state index >= 15 is 0 Å². The molecular formula is C27H27N5O3S2. The van der Waals surface area contributed by atoms with Crippen LogP contribution in [0.5, 0.6) is 0 Å². The van der Waals surface area contributed by atoms with Crippen LogP contribution in [0.4, 0.5) is 10.8 Å². The highest BCUT2D eigenvalue weighted by Crippen LogP contribution is 2.48. The molecule has 190 valence electrons. The van der Waals surface area contributed by atoms with E-state index in [1.165, 1.54) is 11.3 Å². The van der Waals surface area contributed by atoms with Crippen LogP contribution >= 0.6 is 11.3 Å². The van der Waals surface area contributed by atoms with Crippen LogP contribution in [-0.2, 0) is 14.8 Å². The summed E-state index contributed by atoms with van der Waals surface area (Å²) in [7, 11) is -3.74. The Bertz CT molecular complexity index is 1580. The van der Waals surface area contributed by atoms with E-state index in [4.69, 9.17) is 0 Å². The normalized spacial score (nSPS) is 21.2. The standard InChI is InChI=1S/C27H27N5O3S2/c1-16-13-28-14-18-4-7-19(11-21(16)18)31-26(33)23-12-22(23)17-5-8-20(9-6-17)37(34,35)32-27-30-15-25(36-27)24-3-2-10-29-24/h4-9,11,13-15,22-24,29H,2-3,10,12H2,1H3,(H,30,32)(H,31,33)/t22-,23+,24?/m0/s1. The van der Waals surface area contributed by atoms with Crippen molar-refractivity contribution in [2.75, 3.05) is 16.6 Å². The van der Waals surface area contributed by atoms with E-state index in [0.29, 0.717) is 5.13 Å². The molecule has 0 radical (unpaired) electrons. The summed E-state index contributed by atoms with van der Waals surface area (Å²) >= 11 is 1.36. The molecule has 3 heterocycles. The van der Waals surface area contributed by atoms with Gasteiger partial charge in [0.25, 0.3) is 10.0 Å². The first kappa shape index (κ1) is 24.0. The summed E-state index contributed by atoms with van der Waals surface area (Å²) in [6.45, 7) is 2.97. The molecule has 6 rings (SSSR count). The molecule has 0 bridgehead atoms. The van der Waals surface area contributed by atoms with Crippen LogP contribution in [-0.4, -0.2) is 30.8 Å². The van der Waals surface area contributed by atoms with Gasteiger partial charge in [-0.1, -0.05) is 29.5 Å². The third-order valence-corrected chi connectivity index (χ3v) is 9.63. The molecule has 4 aromatic rings. The van der Waals surface area contributed by atoms with Crippen molar-refractivity contribution in [3.63, 3.8) is 0 Å². The lowest BCUT2D eigenvalue weighted by Gasteiger charge is -2.09. The number of carbonyl (C=O) groups excluding carboxylic acids is 1. The minimum absolute atomic E-state index is 0.0225. The number of nitrogens with zero attached hydrogens (tertiary/aromatic N) is 2. The van der Waals surface area contributed by atoms with Gasteiger partial charge in [0, 0.05) is 46.5 Å². The average molecular weight is 534 g/mol. The Hall–Kier alpha value is -3.34. The number of thiazole rings is 1. The van der Waals surface area contributed by atoms with Crippen molar-refractivity contribution in [2.45, 2.75) is 43.0 Å². The van der Waals surface area contributed by atoms with Gasteiger partial charge in [0.05, 0.1) is 4.90 Å². The number of aryl methyl sites for hydroxylation is 1. The van der Waals surface area contributed by atoms with Crippen LogP contribution in [0.3, 0.4) is 0 Å². The van der Waals surface area contributed by atoms with Gasteiger partial charge in [0.2, 0.25) is 5.91 Å². The molecule has 1 amide bonds. The molecule has 2 fully saturated rings. The van der Waals surface area contributed by atoms with Crippen LogP contribution in [0.1, 0.15) is 47.2 Å². The summed E-state index contributed by atoms with van der Waals surface area (Å²) in [6, 6.07) is 12.9. The molecule has 3 atom stereocenters. The van der Waals surface area contributed by atoms with Gasteiger partial charge in [-0.2, -0.15) is 0 Å². The Labute approximate surface area is 219 Å². The molecule has 37 heavy (non-hydrogen) atoms. The van der Waals surface area contributed by atoms with Gasteiger partial charge < -0.3 is 10.6 Å². The van der Waals surface area contributed by atoms with Gasteiger partial charge in [0.1, 0.15) is 0 Å². The van der Waals surface area contributed by atoms with Gasteiger partial charge in [-0.25, -0.2) is 13.4 Å². The van der Waals surface area contributed by atoms with Crippen molar-refractivity contribution in [3.05, 3.63) is 77.1 Å². The highest BCUT2D eigenvalue weighted by atomic mass is 32.2. The maximum Gasteiger partial charge on any atom is 0.263 e. The summed E-state index contributed by atoms with van der Waals surface area (Å²) in [4.78, 5) is 22.5. The Kier molecular flexibility index (Phi) is 6.18. The lowest BCUT2D eigenvalue weighted by atomic mass is 10.1. The number of amides is 1. The quantitative estimate of drug-likeness (QED) is 0.309. The molecular weight excluding hydrogens is 506 g/mol. The van der Waals surface area contributed by atoms with E-state index in [1.54, 1.807) is 30.5 Å². The molecule has 10 heteroatoms. The van der Waals surface area contributed by atoms with E-state index in [-0.39, 0.29) is 28.7 Å². The number of fused-ring (bicyclic) bond motifs is 1. The smallest absolute Gasteiger partial charge is 0.263 e. The van der Waals surface area contributed by atoms with Gasteiger partial charge in [-0.05, 0) is 79.4 Å². The largest absolute Gasteiger partial charge is 0.326 e. The van der Waals surface area contributed by atoms with Crippen LogP contribution in [0.25, 0.3) is 10.8 Å². The fourth-order valence-electron chi connectivity index (χ4n) is 4.97. The molecule has 1 aliphatic carbocycles. The number of anilines is 2. The first-order valence-electron chi connectivity index (χ1n) is 12.3. The minimum Gasteiger partial charge on any atom is -0.326 e. The number of aromatic nitrogens is 2. The van der Waals surface area contributed by atoms with E-state index < -0.39 is 10.0 Å². The summed E-state index contributed by atoms with van der Waals surface area (Å²) in [5.41, 5.74) is 2.78. The van der Waals surface area contributed by atoms with Crippen LogP contribution in [0.2, 0.25) is 0 Å². The van der Waals surface area contributed by atoms with Crippen molar-refractivity contribution < 1.29 is 13.2 Å². The molecule has 0 spiro atoms. The number of benzene rings is 2. The lowest BCUT2D eigenvalue weighted by molar-refractivity contribution is -0.117. The van der Waals surface area contributed by atoms with Gasteiger partial charge in [-0.15, -0.1) is 0 Å². The Morgan fingerprint density at radius 3 is 2.73 bits per heavy atom. The molecule has 8 nitrogen and oxygen atoms in total. The number of hydrogen-bond donors (Lipinski definition) is 3. The number of nitrogens with one attached hydrogen (secondary N) is 3. The topological polar surface area (TPSA) is 113 Å². The van der Waals surface area contributed by atoms with Crippen LogP contribution in [0, 0.1) is 12.8 Å². The number of pyridine rings is 1. The van der Waals surface area contributed by atoms with Crippen molar-refractivity contribution in [3.8, 4) is 0 Å². The SMILES string of the molecule is Cc1cncc2ccc(NC(=O)[C@@H]3C[C@H]3c3ccc(S(=O)(=O)Nc4ncc(C5CCCN5)s4)cc3)cc12. The third-order valence-electron chi connectivity index (χ3n) is 7.12. The van der Waals surface area contributed by atoms with E-state index in [9.17, 15) is 13.2 Å². The predicted molar refractivity (Wildman–Crippen MR) is 145 cm³/mol. The number of hydrogen-bond acceptors (Lipinski definition) is 7. The molecule has 2 aromatic heterocycles. The number of carbonyl (C=O) groups is 1. The number of rotatable bonds is 7. The van der Waals surface area contributed by atoms with Gasteiger partial charge >= 0.3 is 0 Å². The summed E-state index contributed by atoms with van der Waals surface area (Å²) < 4.78 is 28.4. The third kappa shape index (κ3) is 4.96. The van der Waals surface area contributed by atoms with Crippen molar-refractivity contribution in [1.29, 1.82) is 0 Å². The fourth-order valence-corrected chi connectivity index (χ4v) is 7.13. The van der Waals surface area contributed by atoms with E-state index in [1.807, 2.05) is 37.5 Å².